The quantitative estimate of drug-likeness (QED) is 0.664. The molecule has 0 unspecified atom stereocenters. The minimum atomic E-state index is 0.290. The molecule has 13 heavy (non-hydrogen) atoms. The molecule has 78 valence electrons. The first-order valence-electron chi connectivity index (χ1n) is 4.95. The maximum Gasteiger partial charge on any atom is 0.222 e. The molecule has 0 aliphatic carbocycles. The Morgan fingerprint density at radius 2 is 2.08 bits per heavy atom. The van der Waals surface area contributed by atoms with Gasteiger partial charge in [0.1, 0.15) is 0 Å². The Bertz CT molecular complexity index is 148. The van der Waals surface area contributed by atoms with E-state index in [9.17, 15) is 4.79 Å². The molecule has 0 fully saturated rings. The van der Waals surface area contributed by atoms with Crippen LogP contribution in [0.5, 0.6) is 0 Å². The van der Waals surface area contributed by atoms with Gasteiger partial charge in [-0.05, 0) is 19.3 Å². The number of halogens is 1. The van der Waals surface area contributed by atoms with Crippen LogP contribution in [0.15, 0.2) is 0 Å². The van der Waals surface area contributed by atoms with Gasteiger partial charge in [0, 0.05) is 24.8 Å². The van der Waals surface area contributed by atoms with E-state index in [1.54, 1.807) is 0 Å². The summed E-state index contributed by atoms with van der Waals surface area (Å²) in [4.78, 5) is 13.5. The monoisotopic (exact) mass is 249 g/mol. The van der Waals surface area contributed by atoms with Crippen molar-refractivity contribution in [2.75, 3.05) is 18.4 Å². The van der Waals surface area contributed by atoms with Crippen LogP contribution in [0.25, 0.3) is 0 Å². The molecule has 0 N–H and O–H groups in total. The molecule has 0 aromatic carbocycles. The van der Waals surface area contributed by atoms with Crippen molar-refractivity contribution in [2.45, 2.75) is 33.6 Å². The van der Waals surface area contributed by atoms with Gasteiger partial charge in [0.05, 0.1) is 0 Å². The summed E-state index contributed by atoms with van der Waals surface area (Å²) in [6, 6.07) is 0. The van der Waals surface area contributed by atoms with Crippen LogP contribution >= 0.6 is 15.9 Å². The van der Waals surface area contributed by atoms with E-state index in [2.05, 4.69) is 29.8 Å². The Labute approximate surface area is 89.8 Å². The lowest BCUT2D eigenvalue weighted by Crippen LogP contribution is -2.32. The molecule has 0 aromatic heterocycles. The van der Waals surface area contributed by atoms with E-state index in [1.807, 2.05) is 11.8 Å². The lowest BCUT2D eigenvalue weighted by molar-refractivity contribution is -0.131. The molecular weight excluding hydrogens is 230 g/mol. The van der Waals surface area contributed by atoms with Gasteiger partial charge in [-0.2, -0.15) is 0 Å². The second-order valence-corrected chi connectivity index (χ2v) is 4.41. The highest BCUT2D eigenvalue weighted by atomic mass is 79.9. The van der Waals surface area contributed by atoms with Crippen LogP contribution in [0.3, 0.4) is 0 Å². The molecule has 0 aromatic rings. The van der Waals surface area contributed by atoms with Gasteiger partial charge < -0.3 is 4.90 Å². The van der Waals surface area contributed by atoms with Gasteiger partial charge in [0.25, 0.3) is 0 Å². The van der Waals surface area contributed by atoms with Crippen LogP contribution in [-0.4, -0.2) is 29.2 Å². The first-order valence-corrected chi connectivity index (χ1v) is 6.07. The molecule has 0 spiro atoms. The molecular formula is C10H20BrNO. The number of rotatable bonds is 6. The van der Waals surface area contributed by atoms with Crippen molar-refractivity contribution in [3.05, 3.63) is 0 Å². The summed E-state index contributed by atoms with van der Waals surface area (Å²) < 4.78 is 0. The lowest BCUT2D eigenvalue weighted by Gasteiger charge is -2.21. The summed E-state index contributed by atoms with van der Waals surface area (Å²) in [5.74, 6) is 0.754. The molecule has 1 amide bonds. The highest BCUT2D eigenvalue weighted by Gasteiger charge is 2.11. The van der Waals surface area contributed by atoms with Gasteiger partial charge in [-0.15, -0.1) is 0 Å². The van der Waals surface area contributed by atoms with E-state index in [1.165, 1.54) is 0 Å². The van der Waals surface area contributed by atoms with Crippen LogP contribution in [0.2, 0.25) is 0 Å². The summed E-state index contributed by atoms with van der Waals surface area (Å²) in [5, 5.41) is 0.971. The second-order valence-electron chi connectivity index (χ2n) is 3.61. The fourth-order valence-electron chi connectivity index (χ4n) is 1.19. The van der Waals surface area contributed by atoms with E-state index in [4.69, 9.17) is 0 Å². The Hall–Kier alpha value is -0.0500. The summed E-state index contributed by atoms with van der Waals surface area (Å²) in [5.41, 5.74) is 0. The van der Waals surface area contributed by atoms with E-state index in [0.29, 0.717) is 18.2 Å². The van der Waals surface area contributed by atoms with Gasteiger partial charge in [-0.3, -0.25) is 4.79 Å². The van der Waals surface area contributed by atoms with E-state index >= 15 is 0 Å². The molecule has 0 aliphatic rings. The van der Waals surface area contributed by atoms with Crippen molar-refractivity contribution >= 4 is 21.8 Å². The average Bonchev–Trinajstić information content (AvgIpc) is 2.04. The highest BCUT2D eigenvalue weighted by molar-refractivity contribution is 9.09. The second kappa shape index (κ2) is 7.36. The number of hydrogen-bond acceptors (Lipinski definition) is 1. The predicted octanol–water partition coefficient (Wildman–Crippen LogP) is 2.67. The zero-order valence-electron chi connectivity index (χ0n) is 8.85. The van der Waals surface area contributed by atoms with Crippen LogP contribution in [-0.2, 0) is 4.79 Å². The summed E-state index contributed by atoms with van der Waals surface area (Å²) in [6.45, 7) is 7.91. The predicted molar refractivity (Wildman–Crippen MR) is 60.1 cm³/mol. The summed E-state index contributed by atoms with van der Waals surface area (Å²) in [6.07, 6.45) is 1.72. The molecule has 0 rings (SSSR count). The molecule has 0 aliphatic heterocycles. The fourth-order valence-corrected chi connectivity index (χ4v) is 1.44. The minimum Gasteiger partial charge on any atom is -0.343 e. The number of amides is 1. The van der Waals surface area contributed by atoms with Gasteiger partial charge in [0.15, 0.2) is 0 Å². The molecule has 0 radical (unpaired) electrons. The number of alkyl halides is 1. The van der Waals surface area contributed by atoms with Crippen molar-refractivity contribution in [3.63, 3.8) is 0 Å². The molecule has 0 bridgehead atoms. The van der Waals surface area contributed by atoms with Crippen molar-refractivity contribution in [3.8, 4) is 0 Å². The highest BCUT2D eigenvalue weighted by Crippen LogP contribution is 2.05. The third kappa shape index (κ3) is 6.08. The zero-order valence-corrected chi connectivity index (χ0v) is 10.4. The zero-order chi connectivity index (χ0) is 10.3. The topological polar surface area (TPSA) is 20.3 Å². The van der Waals surface area contributed by atoms with Crippen LogP contribution < -0.4 is 0 Å². The largest absolute Gasteiger partial charge is 0.343 e. The average molecular weight is 250 g/mol. The Balaban J connectivity index is 3.84. The Morgan fingerprint density at radius 3 is 2.46 bits per heavy atom. The van der Waals surface area contributed by atoms with E-state index < -0.39 is 0 Å². The minimum absolute atomic E-state index is 0.290. The van der Waals surface area contributed by atoms with Gasteiger partial charge >= 0.3 is 0 Å². The summed E-state index contributed by atoms with van der Waals surface area (Å²) in [7, 11) is 0. The van der Waals surface area contributed by atoms with Gasteiger partial charge in [-0.1, -0.05) is 29.8 Å². The van der Waals surface area contributed by atoms with Crippen molar-refractivity contribution in [1.29, 1.82) is 0 Å². The van der Waals surface area contributed by atoms with Gasteiger partial charge in [0.2, 0.25) is 5.91 Å². The number of carbonyl (C=O) groups is 1. The first-order chi connectivity index (χ1) is 6.11. The molecule has 2 nitrogen and oxygen atoms in total. The standard InChI is InChI=1S/C10H20BrNO/c1-4-12(7-5-6-11)10(13)8-9(2)3/h9H,4-8H2,1-3H3. The molecule has 0 heterocycles. The van der Waals surface area contributed by atoms with Crippen LogP contribution in [0.4, 0.5) is 0 Å². The van der Waals surface area contributed by atoms with Gasteiger partial charge in [-0.25, -0.2) is 0 Å². The SMILES string of the molecule is CCN(CCCBr)C(=O)CC(C)C. The van der Waals surface area contributed by atoms with Crippen LogP contribution in [0, 0.1) is 5.92 Å². The maximum atomic E-state index is 11.6. The molecule has 0 atom stereocenters. The molecule has 0 saturated carbocycles. The van der Waals surface area contributed by atoms with Crippen molar-refractivity contribution < 1.29 is 4.79 Å². The third-order valence-electron chi connectivity index (χ3n) is 1.88. The van der Waals surface area contributed by atoms with E-state index in [0.717, 1.165) is 24.8 Å². The summed E-state index contributed by atoms with van der Waals surface area (Å²) >= 11 is 3.37. The first kappa shape index (κ1) is 12.9. The number of hydrogen-bond donors (Lipinski definition) is 0. The lowest BCUT2D eigenvalue weighted by atomic mass is 10.1. The van der Waals surface area contributed by atoms with Crippen molar-refractivity contribution in [2.24, 2.45) is 5.92 Å². The Kier molecular flexibility index (Phi) is 7.33. The maximum absolute atomic E-state index is 11.6. The Morgan fingerprint density at radius 1 is 1.46 bits per heavy atom. The smallest absolute Gasteiger partial charge is 0.222 e. The van der Waals surface area contributed by atoms with E-state index in [-0.39, 0.29) is 0 Å². The number of nitrogens with zero attached hydrogens (tertiary/aromatic N) is 1. The van der Waals surface area contributed by atoms with Crippen LogP contribution in [0.1, 0.15) is 33.6 Å². The van der Waals surface area contributed by atoms with Crippen molar-refractivity contribution in [1.82, 2.24) is 4.90 Å². The molecule has 0 saturated heterocycles. The molecule has 3 heteroatoms. The number of carbonyl (C=O) groups excluding carboxylic acids is 1. The fraction of sp³-hybridized carbons (Fsp3) is 0.900. The normalized spacial score (nSPS) is 10.5. The third-order valence-corrected chi connectivity index (χ3v) is 2.44.